The number of nitrogen functional groups attached to an aromatic ring is 3. The third-order valence-electron chi connectivity index (χ3n) is 10.2. The summed E-state index contributed by atoms with van der Waals surface area (Å²) in [6, 6.07) is 14.0. The minimum absolute atomic E-state index is 0.00826. The van der Waals surface area contributed by atoms with Gasteiger partial charge in [0.15, 0.2) is 34.5 Å². The molecule has 0 aliphatic rings. The number of benzene rings is 3. The monoisotopic (exact) mass is 1070 g/mol. The van der Waals surface area contributed by atoms with Crippen LogP contribution in [0, 0.1) is 25.5 Å². The molecule has 3 atom stereocenters. The van der Waals surface area contributed by atoms with E-state index in [1.54, 1.807) is 63.4 Å². The number of rotatable bonds is 21. The lowest BCUT2D eigenvalue weighted by atomic mass is 10.1. The van der Waals surface area contributed by atoms with E-state index in [0.717, 1.165) is 6.42 Å². The molecular formula is C50H67ClF5N15O4. The summed E-state index contributed by atoms with van der Waals surface area (Å²) in [5.74, 6) is 1.97. The maximum Gasteiger partial charge on any atom is 0.228 e. The van der Waals surface area contributed by atoms with Crippen LogP contribution in [0.1, 0.15) is 104 Å². The zero-order chi connectivity index (χ0) is 55.8. The van der Waals surface area contributed by atoms with Gasteiger partial charge in [0.2, 0.25) is 35.7 Å². The molecular weight excluding hydrogens is 1010 g/mol. The molecule has 9 N–H and O–H groups in total. The van der Waals surface area contributed by atoms with E-state index in [1.807, 2.05) is 20.8 Å². The lowest BCUT2D eigenvalue weighted by molar-refractivity contribution is 0.206. The highest BCUT2D eigenvalue weighted by molar-refractivity contribution is 6.30. The predicted octanol–water partition coefficient (Wildman–Crippen LogP) is 9.95. The van der Waals surface area contributed by atoms with E-state index < -0.39 is 17.0 Å². The first kappa shape index (κ1) is 60.2. The Morgan fingerprint density at radius 3 is 1.43 bits per heavy atom. The Morgan fingerprint density at radius 1 is 0.547 bits per heavy atom. The lowest BCUT2D eigenvalue weighted by Crippen LogP contribution is -2.26. The van der Waals surface area contributed by atoms with Crippen molar-refractivity contribution in [2.45, 2.75) is 124 Å². The van der Waals surface area contributed by atoms with Crippen molar-refractivity contribution in [3.8, 4) is 23.0 Å². The fourth-order valence-corrected chi connectivity index (χ4v) is 6.34. The van der Waals surface area contributed by atoms with Crippen LogP contribution in [0.2, 0.25) is 5.02 Å². The van der Waals surface area contributed by atoms with Crippen LogP contribution in [0.5, 0.6) is 23.0 Å². The topological polar surface area (TPSA) is 267 Å². The number of hydrogen-bond donors (Lipinski definition) is 6. The molecule has 3 aromatic carbocycles. The Morgan fingerprint density at radius 2 is 0.987 bits per heavy atom. The number of halogens is 6. The molecule has 19 nitrogen and oxygen atoms in total. The molecule has 0 amide bonds. The molecule has 0 fully saturated rings. The van der Waals surface area contributed by atoms with Gasteiger partial charge in [0.05, 0.1) is 25.8 Å². The smallest absolute Gasteiger partial charge is 0.228 e. The van der Waals surface area contributed by atoms with Crippen LogP contribution in [0.25, 0.3) is 0 Å². The summed E-state index contributed by atoms with van der Waals surface area (Å²) in [6.45, 7) is 18.1. The summed E-state index contributed by atoms with van der Waals surface area (Å²) < 4.78 is 90.8. The van der Waals surface area contributed by atoms with E-state index in [4.69, 9.17) is 47.7 Å². The Balaban J connectivity index is 0.000000244. The van der Waals surface area contributed by atoms with Gasteiger partial charge in [-0.05, 0) is 123 Å². The molecule has 3 unspecified atom stereocenters. The number of aromatic nitrogens is 9. The zero-order valence-corrected chi connectivity index (χ0v) is 44.9. The van der Waals surface area contributed by atoms with Gasteiger partial charge in [0.1, 0.15) is 47.8 Å². The van der Waals surface area contributed by atoms with Gasteiger partial charge in [0.25, 0.3) is 0 Å². The maximum atomic E-state index is 14.1. The van der Waals surface area contributed by atoms with Gasteiger partial charge in [-0.3, -0.25) is 0 Å². The van der Waals surface area contributed by atoms with Gasteiger partial charge in [0, 0.05) is 29.6 Å². The fourth-order valence-electron chi connectivity index (χ4n) is 6.12. The Kier molecular flexibility index (Phi) is 21.4. The summed E-state index contributed by atoms with van der Waals surface area (Å²) in [5, 5.41) is 9.62. The second-order valence-electron chi connectivity index (χ2n) is 18.7. The van der Waals surface area contributed by atoms with E-state index in [1.165, 1.54) is 53.7 Å². The van der Waals surface area contributed by atoms with Crippen LogP contribution >= 0.6 is 11.6 Å². The summed E-state index contributed by atoms with van der Waals surface area (Å²) in [4.78, 5) is 35.5. The van der Waals surface area contributed by atoms with Crippen molar-refractivity contribution in [2.75, 3.05) is 60.1 Å². The molecule has 0 radical (unpaired) electrons. The van der Waals surface area contributed by atoms with Crippen molar-refractivity contribution in [2.24, 2.45) is 0 Å². The number of hydrogen-bond acceptors (Lipinski definition) is 19. The molecule has 0 aliphatic carbocycles. The first-order valence-corrected chi connectivity index (χ1v) is 24.1. The minimum atomic E-state index is -1.73. The molecule has 0 spiro atoms. The fraction of sp³-hybridized carbons (Fsp3) is 0.460. The molecule has 25 heteroatoms. The average molecular weight is 1070 g/mol. The average Bonchev–Trinajstić information content (AvgIpc) is 3.31. The van der Waals surface area contributed by atoms with Crippen LogP contribution in [-0.2, 0) is 17.0 Å². The van der Waals surface area contributed by atoms with Gasteiger partial charge in [-0.1, -0.05) is 24.6 Å². The first-order valence-electron chi connectivity index (χ1n) is 23.7. The van der Waals surface area contributed by atoms with Gasteiger partial charge in [-0.25, -0.2) is 22.0 Å². The van der Waals surface area contributed by atoms with E-state index in [-0.39, 0.29) is 89.5 Å². The quantitative estimate of drug-likeness (QED) is 0.0366. The van der Waals surface area contributed by atoms with E-state index in [9.17, 15) is 22.0 Å². The number of anilines is 6. The van der Waals surface area contributed by atoms with Crippen LogP contribution in [0.3, 0.4) is 0 Å². The zero-order valence-electron chi connectivity index (χ0n) is 44.1. The molecule has 6 rings (SSSR count). The maximum absolute atomic E-state index is 14.1. The SMILES string of the molecule is CCC(CCOc1ccc(F)c(C)c1)Nc1nc(N)nc(C(C)(C)F)n1.COc1cc(Cl)cc(OCC(C)Nc2nc(N)nc(C(C)(C)F)n2)c1.Cc1ccc(OCC(C)Nc2nc(N)nc(C(C)(C)F)n2)cc1F. The highest BCUT2D eigenvalue weighted by Gasteiger charge is 2.27. The summed E-state index contributed by atoms with van der Waals surface area (Å²) in [5.41, 5.74) is 12.8. The van der Waals surface area contributed by atoms with Crippen molar-refractivity contribution in [1.29, 1.82) is 0 Å². The number of nitrogens with zero attached hydrogens (tertiary/aromatic N) is 9. The van der Waals surface area contributed by atoms with Crippen molar-refractivity contribution >= 4 is 47.3 Å². The normalized spacial score (nSPS) is 12.7. The second kappa shape index (κ2) is 26.7. The number of nitrogens with one attached hydrogen (secondary N) is 3. The van der Waals surface area contributed by atoms with Crippen molar-refractivity contribution in [1.82, 2.24) is 44.9 Å². The number of alkyl halides is 3. The van der Waals surface area contributed by atoms with Gasteiger partial charge in [-0.2, -0.15) is 44.9 Å². The minimum Gasteiger partial charge on any atom is -0.497 e. The number of aryl methyl sites for hydroxylation is 2. The number of ether oxygens (including phenoxy) is 4. The van der Waals surface area contributed by atoms with Gasteiger partial charge >= 0.3 is 0 Å². The number of methoxy groups -OCH3 is 1. The van der Waals surface area contributed by atoms with Gasteiger partial charge < -0.3 is 52.1 Å². The van der Waals surface area contributed by atoms with E-state index in [0.29, 0.717) is 58.8 Å². The molecule has 75 heavy (non-hydrogen) atoms. The third-order valence-corrected chi connectivity index (χ3v) is 10.4. The standard InChI is InChI=1S/C18H25F2N5O.C16H21ClFN5O2.C16H21F2N5O/c1-5-12(8-9-26-13-6-7-14(19)11(2)10-13)22-17-24-15(18(3,4)20)23-16(21)25-17;1-9(8-25-12-6-10(17)5-11(7-12)24-4)20-15-22-13(16(2,3)18)21-14(19)23-15;1-9-5-6-11(7-12(9)17)24-8-10(2)20-15-22-13(16(3,4)18)21-14(19)23-15/h6-7,10,12H,5,8-9H2,1-4H3,(H3,21,22,23,24,25);5-7,9H,8H2,1-4H3,(H3,19,20,21,22,23);5-7,10H,8H2,1-4H3,(H3,19,20,21,22,23). The van der Waals surface area contributed by atoms with E-state index in [2.05, 4.69) is 60.8 Å². The summed E-state index contributed by atoms with van der Waals surface area (Å²) in [6.07, 6.45) is 1.44. The van der Waals surface area contributed by atoms with Crippen LogP contribution in [-0.4, -0.2) is 89.9 Å². The Labute approximate surface area is 438 Å². The Hall–Kier alpha value is -7.37. The molecule has 0 saturated carbocycles. The van der Waals surface area contributed by atoms with Crippen LogP contribution in [0.15, 0.2) is 54.6 Å². The molecule has 3 heterocycles. The van der Waals surface area contributed by atoms with Gasteiger partial charge in [-0.15, -0.1) is 0 Å². The van der Waals surface area contributed by atoms with Crippen LogP contribution < -0.4 is 52.1 Å². The van der Waals surface area contributed by atoms with Crippen LogP contribution in [0.4, 0.5) is 57.6 Å². The highest BCUT2D eigenvalue weighted by atomic mass is 35.5. The highest BCUT2D eigenvalue weighted by Crippen LogP contribution is 2.28. The first-order chi connectivity index (χ1) is 35.0. The molecule has 408 valence electrons. The summed E-state index contributed by atoms with van der Waals surface area (Å²) >= 11 is 6.00. The predicted molar refractivity (Wildman–Crippen MR) is 280 cm³/mol. The van der Waals surface area contributed by atoms with E-state index >= 15 is 0 Å². The lowest BCUT2D eigenvalue weighted by Gasteiger charge is -2.19. The largest absolute Gasteiger partial charge is 0.497 e. The van der Waals surface area contributed by atoms with Crippen molar-refractivity contribution in [3.63, 3.8) is 0 Å². The van der Waals surface area contributed by atoms with Crippen molar-refractivity contribution < 1.29 is 40.9 Å². The Bertz CT molecular complexity index is 2800. The summed E-state index contributed by atoms with van der Waals surface area (Å²) in [7, 11) is 1.55. The molecule has 0 saturated heterocycles. The second-order valence-corrected chi connectivity index (χ2v) is 19.1. The molecule has 3 aromatic heterocycles. The molecule has 0 aliphatic heterocycles. The number of nitrogens with two attached hydrogens (primary N) is 3. The molecule has 0 bridgehead atoms. The molecule has 6 aromatic rings. The van der Waals surface area contributed by atoms with Crippen molar-refractivity contribution in [3.05, 3.63) is 99.9 Å². The third kappa shape index (κ3) is 20.5.